The molecule has 5 heteroatoms. The molecule has 3 N–H and O–H groups in total. The molecule has 0 saturated carbocycles. The molecule has 1 heterocycles. The van der Waals surface area contributed by atoms with Gasteiger partial charge in [0.15, 0.2) is 0 Å². The van der Waals surface area contributed by atoms with Crippen molar-refractivity contribution in [1.82, 2.24) is 10.4 Å². The van der Waals surface area contributed by atoms with Crippen LogP contribution >= 0.6 is 0 Å². The maximum absolute atomic E-state index is 12.0. The lowest BCUT2D eigenvalue weighted by molar-refractivity contribution is 0.0126. The number of morpholine rings is 1. The number of anilines is 1. The number of rotatable bonds is 2. The van der Waals surface area contributed by atoms with E-state index in [1.165, 1.54) is 0 Å². The number of carbonyl (C=O) groups excluding carboxylic acids is 1. The Hall–Kier alpha value is -1.59. The van der Waals surface area contributed by atoms with Crippen molar-refractivity contribution in [2.45, 2.75) is 6.92 Å². The molecular formula is C12H17N3O2. The smallest absolute Gasteiger partial charge is 0.265 e. The normalized spacial score (nSPS) is 16.8. The second-order valence-corrected chi connectivity index (χ2v) is 4.17. The molecule has 17 heavy (non-hydrogen) atoms. The van der Waals surface area contributed by atoms with Gasteiger partial charge in [-0.1, -0.05) is 0 Å². The Morgan fingerprint density at radius 2 is 2.06 bits per heavy atom. The number of aryl methyl sites for hydroxylation is 1. The van der Waals surface area contributed by atoms with Gasteiger partial charge >= 0.3 is 0 Å². The minimum atomic E-state index is -0.123. The van der Waals surface area contributed by atoms with E-state index in [9.17, 15) is 4.79 Å². The molecule has 0 spiro atoms. The lowest BCUT2D eigenvalue weighted by atomic mass is 10.1. The summed E-state index contributed by atoms with van der Waals surface area (Å²) in [7, 11) is 0. The van der Waals surface area contributed by atoms with E-state index in [-0.39, 0.29) is 5.91 Å². The number of nitrogens with one attached hydrogen (secondary N) is 1. The number of hydrazine groups is 1. The lowest BCUT2D eigenvalue weighted by Crippen LogP contribution is -2.48. The predicted molar refractivity (Wildman–Crippen MR) is 65.4 cm³/mol. The summed E-state index contributed by atoms with van der Waals surface area (Å²) >= 11 is 0. The number of benzene rings is 1. The molecule has 0 atom stereocenters. The molecule has 0 radical (unpaired) electrons. The molecule has 0 bridgehead atoms. The number of carbonyl (C=O) groups is 1. The first-order valence-corrected chi connectivity index (χ1v) is 5.66. The average Bonchev–Trinajstić information content (AvgIpc) is 2.29. The number of amides is 1. The largest absolute Gasteiger partial charge is 0.399 e. The van der Waals surface area contributed by atoms with Gasteiger partial charge in [0.2, 0.25) is 0 Å². The molecule has 1 aliphatic heterocycles. The predicted octanol–water partition coefficient (Wildman–Crippen LogP) is 0.554. The molecule has 2 rings (SSSR count). The quantitative estimate of drug-likeness (QED) is 0.735. The van der Waals surface area contributed by atoms with E-state index in [0.717, 1.165) is 5.56 Å². The molecule has 1 aromatic rings. The number of nitrogen functional groups attached to an aromatic ring is 1. The topological polar surface area (TPSA) is 67.6 Å². The monoisotopic (exact) mass is 235 g/mol. The van der Waals surface area contributed by atoms with Crippen molar-refractivity contribution >= 4 is 11.6 Å². The van der Waals surface area contributed by atoms with Crippen LogP contribution in [0, 0.1) is 6.92 Å². The third-order valence-corrected chi connectivity index (χ3v) is 2.63. The first-order chi connectivity index (χ1) is 8.15. The van der Waals surface area contributed by atoms with Crippen molar-refractivity contribution < 1.29 is 9.53 Å². The van der Waals surface area contributed by atoms with Crippen molar-refractivity contribution in [2.75, 3.05) is 32.0 Å². The molecule has 0 aromatic heterocycles. The van der Waals surface area contributed by atoms with E-state index in [2.05, 4.69) is 5.43 Å². The Morgan fingerprint density at radius 3 is 2.71 bits per heavy atom. The zero-order valence-corrected chi connectivity index (χ0v) is 9.90. The second kappa shape index (κ2) is 5.16. The van der Waals surface area contributed by atoms with Gasteiger partial charge in [0.25, 0.3) is 5.91 Å². The van der Waals surface area contributed by atoms with Gasteiger partial charge in [-0.2, -0.15) is 0 Å². The van der Waals surface area contributed by atoms with E-state index in [0.29, 0.717) is 37.6 Å². The van der Waals surface area contributed by atoms with Crippen molar-refractivity contribution in [1.29, 1.82) is 0 Å². The zero-order chi connectivity index (χ0) is 12.3. The number of nitrogens with zero attached hydrogens (tertiary/aromatic N) is 1. The van der Waals surface area contributed by atoms with Crippen LogP contribution in [0.25, 0.3) is 0 Å². The van der Waals surface area contributed by atoms with Crippen LogP contribution in [0.4, 0.5) is 5.69 Å². The standard InChI is InChI=1S/C12H17N3O2/c1-9-6-10(8-11(13)7-9)12(16)14-15-2-4-17-5-3-15/h6-8H,2-5,13H2,1H3,(H,14,16). The highest BCUT2D eigenvalue weighted by molar-refractivity contribution is 5.94. The molecule has 1 amide bonds. The number of ether oxygens (including phenoxy) is 1. The van der Waals surface area contributed by atoms with Crippen LogP contribution in [0.2, 0.25) is 0 Å². The molecule has 92 valence electrons. The van der Waals surface area contributed by atoms with Crippen LogP contribution in [0.3, 0.4) is 0 Å². The van der Waals surface area contributed by atoms with Gasteiger partial charge in [-0.15, -0.1) is 0 Å². The number of hydrogen-bond donors (Lipinski definition) is 2. The third-order valence-electron chi connectivity index (χ3n) is 2.63. The Morgan fingerprint density at radius 1 is 1.35 bits per heavy atom. The van der Waals surface area contributed by atoms with E-state index >= 15 is 0 Å². The Balaban J connectivity index is 2.03. The van der Waals surface area contributed by atoms with Crippen molar-refractivity contribution in [2.24, 2.45) is 0 Å². The molecule has 0 aliphatic carbocycles. The number of nitrogens with two attached hydrogens (primary N) is 1. The van der Waals surface area contributed by atoms with E-state index < -0.39 is 0 Å². The molecule has 1 saturated heterocycles. The average molecular weight is 235 g/mol. The van der Waals surface area contributed by atoms with Gasteiger partial charge in [0, 0.05) is 24.3 Å². The summed E-state index contributed by atoms with van der Waals surface area (Å²) in [5.41, 5.74) is 10.7. The van der Waals surface area contributed by atoms with Crippen molar-refractivity contribution in [3.05, 3.63) is 29.3 Å². The van der Waals surface area contributed by atoms with Crippen molar-refractivity contribution in [3.63, 3.8) is 0 Å². The second-order valence-electron chi connectivity index (χ2n) is 4.17. The molecule has 5 nitrogen and oxygen atoms in total. The van der Waals surface area contributed by atoms with E-state index in [1.807, 2.05) is 24.1 Å². The summed E-state index contributed by atoms with van der Waals surface area (Å²) < 4.78 is 5.21. The van der Waals surface area contributed by atoms with Crippen LogP contribution in [0.5, 0.6) is 0 Å². The highest BCUT2D eigenvalue weighted by Crippen LogP contribution is 2.11. The molecule has 1 fully saturated rings. The summed E-state index contributed by atoms with van der Waals surface area (Å²) in [4.78, 5) is 12.0. The molecule has 0 unspecified atom stereocenters. The highest BCUT2D eigenvalue weighted by Gasteiger charge is 2.14. The highest BCUT2D eigenvalue weighted by atomic mass is 16.5. The lowest BCUT2D eigenvalue weighted by Gasteiger charge is -2.27. The maximum Gasteiger partial charge on any atom is 0.265 e. The van der Waals surface area contributed by atoms with Gasteiger partial charge in [0.1, 0.15) is 0 Å². The van der Waals surface area contributed by atoms with Crippen LogP contribution in [-0.2, 0) is 4.74 Å². The minimum Gasteiger partial charge on any atom is -0.399 e. The Bertz CT molecular complexity index is 394. The van der Waals surface area contributed by atoms with Gasteiger partial charge < -0.3 is 10.5 Å². The fraction of sp³-hybridized carbons (Fsp3) is 0.417. The van der Waals surface area contributed by atoms with Crippen LogP contribution in [0.15, 0.2) is 18.2 Å². The Kier molecular flexibility index (Phi) is 3.61. The summed E-state index contributed by atoms with van der Waals surface area (Å²) in [6.07, 6.45) is 0. The summed E-state index contributed by atoms with van der Waals surface area (Å²) in [5.74, 6) is -0.123. The Labute approximate surface area is 101 Å². The number of hydrogen-bond acceptors (Lipinski definition) is 4. The molecule has 1 aromatic carbocycles. The van der Waals surface area contributed by atoms with E-state index in [1.54, 1.807) is 6.07 Å². The van der Waals surface area contributed by atoms with Crippen LogP contribution in [0.1, 0.15) is 15.9 Å². The summed E-state index contributed by atoms with van der Waals surface area (Å²) in [6.45, 7) is 4.65. The van der Waals surface area contributed by atoms with Crippen LogP contribution in [-0.4, -0.2) is 37.2 Å². The maximum atomic E-state index is 12.0. The summed E-state index contributed by atoms with van der Waals surface area (Å²) in [6, 6.07) is 5.35. The van der Waals surface area contributed by atoms with Crippen LogP contribution < -0.4 is 11.2 Å². The molecular weight excluding hydrogens is 218 g/mol. The third kappa shape index (κ3) is 3.18. The first kappa shape index (κ1) is 11.9. The fourth-order valence-corrected chi connectivity index (χ4v) is 1.83. The first-order valence-electron chi connectivity index (χ1n) is 5.66. The molecule has 1 aliphatic rings. The zero-order valence-electron chi connectivity index (χ0n) is 9.90. The van der Waals surface area contributed by atoms with E-state index in [4.69, 9.17) is 10.5 Å². The van der Waals surface area contributed by atoms with Crippen molar-refractivity contribution in [3.8, 4) is 0 Å². The SMILES string of the molecule is Cc1cc(N)cc(C(=O)NN2CCOCC2)c1. The van der Waals surface area contributed by atoms with Gasteiger partial charge in [-0.25, -0.2) is 5.01 Å². The fourth-order valence-electron chi connectivity index (χ4n) is 1.83. The minimum absolute atomic E-state index is 0.123. The van der Waals surface area contributed by atoms with Gasteiger partial charge in [-0.05, 0) is 30.7 Å². The van der Waals surface area contributed by atoms with Gasteiger partial charge in [0.05, 0.1) is 13.2 Å². The van der Waals surface area contributed by atoms with Gasteiger partial charge in [-0.3, -0.25) is 10.2 Å². The summed E-state index contributed by atoms with van der Waals surface area (Å²) in [5, 5.41) is 1.87.